The van der Waals surface area contributed by atoms with Crippen LogP contribution in [-0.2, 0) is 0 Å². The van der Waals surface area contributed by atoms with Gasteiger partial charge in [-0.3, -0.25) is 0 Å². The Labute approximate surface area is 96.3 Å². The number of aryl methyl sites for hydroxylation is 1. The Morgan fingerprint density at radius 3 is 2.12 bits per heavy atom. The molecule has 0 aliphatic heterocycles. The van der Waals surface area contributed by atoms with Crippen LogP contribution in [0.2, 0.25) is 0 Å². The molecular formula is C14H16N2. The molecule has 0 saturated carbocycles. The van der Waals surface area contributed by atoms with Crippen molar-refractivity contribution in [3.05, 3.63) is 54.1 Å². The first-order valence-electron chi connectivity index (χ1n) is 5.39. The van der Waals surface area contributed by atoms with Crippen molar-refractivity contribution in [3.8, 4) is 0 Å². The van der Waals surface area contributed by atoms with Crippen molar-refractivity contribution in [2.45, 2.75) is 6.92 Å². The van der Waals surface area contributed by atoms with Gasteiger partial charge in [0.2, 0.25) is 0 Å². The van der Waals surface area contributed by atoms with Gasteiger partial charge in [-0.05, 0) is 42.8 Å². The highest BCUT2D eigenvalue weighted by Gasteiger charge is 1.95. The normalized spacial score (nSPS) is 9.88. The maximum atomic E-state index is 3.38. The zero-order valence-electron chi connectivity index (χ0n) is 9.62. The molecule has 16 heavy (non-hydrogen) atoms. The van der Waals surface area contributed by atoms with Crippen molar-refractivity contribution in [3.63, 3.8) is 0 Å². The largest absolute Gasteiger partial charge is 0.388 e. The second kappa shape index (κ2) is 4.71. The molecule has 0 bridgehead atoms. The summed E-state index contributed by atoms with van der Waals surface area (Å²) >= 11 is 0. The lowest BCUT2D eigenvalue weighted by molar-refractivity contribution is 1.44. The summed E-state index contributed by atoms with van der Waals surface area (Å²) in [6.07, 6.45) is 0. The standard InChI is InChI=1S/C14H16N2/c1-11-5-3-7-13(9-11)16-14-8-4-6-12(10-14)15-2/h3-10,15-16H,1-2H3. The molecule has 0 aliphatic carbocycles. The minimum absolute atomic E-state index is 1.09. The molecule has 0 aliphatic rings. The van der Waals surface area contributed by atoms with Crippen molar-refractivity contribution in [1.82, 2.24) is 0 Å². The second-order valence-electron chi connectivity index (χ2n) is 3.83. The van der Waals surface area contributed by atoms with Crippen molar-refractivity contribution < 1.29 is 0 Å². The Kier molecular flexibility index (Phi) is 3.10. The van der Waals surface area contributed by atoms with Gasteiger partial charge in [-0.25, -0.2) is 0 Å². The number of rotatable bonds is 3. The number of anilines is 3. The first kappa shape index (κ1) is 10.6. The molecule has 2 nitrogen and oxygen atoms in total. The fourth-order valence-electron chi connectivity index (χ4n) is 1.64. The van der Waals surface area contributed by atoms with Crippen LogP contribution in [-0.4, -0.2) is 7.05 Å². The molecule has 0 fully saturated rings. The van der Waals surface area contributed by atoms with E-state index in [0.29, 0.717) is 0 Å². The third-order valence-electron chi connectivity index (χ3n) is 2.46. The first-order valence-corrected chi connectivity index (χ1v) is 5.39. The van der Waals surface area contributed by atoms with Gasteiger partial charge in [0.05, 0.1) is 0 Å². The Hall–Kier alpha value is -1.96. The van der Waals surface area contributed by atoms with E-state index >= 15 is 0 Å². The fraction of sp³-hybridized carbons (Fsp3) is 0.143. The van der Waals surface area contributed by atoms with E-state index in [2.05, 4.69) is 54.0 Å². The van der Waals surface area contributed by atoms with Crippen LogP contribution in [0.15, 0.2) is 48.5 Å². The third kappa shape index (κ3) is 2.54. The number of hydrogen-bond donors (Lipinski definition) is 2. The minimum Gasteiger partial charge on any atom is -0.388 e. The van der Waals surface area contributed by atoms with E-state index in [4.69, 9.17) is 0 Å². The van der Waals surface area contributed by atoms with E-state index < -0.39 is 0 Å². The maximum absolute atomic E-state index is 3.38. The van der Waals surface area contributed by atoms with Crippen LogP contribution in [0.5, 0.6) is 0 Å². The van der Waals surface area contributed by atoms with Crippen LogP contribution >= 0.6 is 0 Å². The summed E-state index contributed by atoms with van der Waals surface area (Å²) in [7, 11) is 1.92. The van der Waals surface area contributed by atoms with Gasteiger partial charge >= 0.3 is 0 Å². The highest BCUT2D eigenvalue weighted by Crippen LogP contribution is 2.20. The van der Waals surface area contributed by atoms with Crippen molar-refractivity contribution in [2.24, 2.45) is 0 Å². The zero-order valence-corrected chi connectivity index (χ0v) is 9.62. The van der Waals surface area contributed by atoms with Gasteiger partial charge < -0.3 is 10.6 Å². The minimum atomic E-state index is 1.09. The molecule has 2 aromatic carbocycles. The summed E-state index contributed by atoms with van der Waals surface area (Å²) in [5.41, 5.74) is 4.58. The van der Waals surface area contributed by atoms with Crippen LogP contribution in [0, 0.1) is 6.92 Å². The van der Waals surface area contributed by atoms with Crippen LogP contribution in [0.1, 0.15) is 5.56 Å². The number of benzene rings is 2. The zero-order chi connectivity index (χ0) is 11.4. The molecule has 0 spiro atoms. The Bertz CT molecular complexity index is 478. The van der Waals surface area contributed by atoms with Crippen molar-refractivity contribution >= 4 is 17.1 Å². The lowest BCUT2D eigenvalue weighted by atomic mass is 10.2. The highest BCUT2D eigenvalue weighted by molar-refractivity contribution is 5.64. The van der Waals surface area contributed by atoms with E-state index in [1.165, 1.54) is 5.56 Å². The van der Waals surface area contributed by atoms with Crippen LogP contribution in [0.4, 0.5) is 17.1 Å². The van der Waals surface area contributed by atoms with Crippen LogP contribution in [0.3, 0.4) is 0 Å². The quantitative estimate of drug-likeness (QED) is 0.809. The van der Waals surface area contributed by atoms with E-state index in [1.54, 1.807) is 0 Å². The van der Waals surface area contributed by atoms with Crippen LogP contribution in [0.25, 0.3) is 0 Å². The molecule has 2 N–H and O–H groups in total. The molecule has 0 saturated heterocycles. The molecule has 0 amide bonds. The monoisotopic (exact) mass is 212 g/mol. The van der Waals surface area contributed by atoms with Gasteiger partial charge in [0, 0.05) is 24.1 Å². The Morgan fingerprint density at radius 1 is 0.812 bits per heavy atom. The molecular weight excluding hydrogens is 196 g/mol. The first-order chi connectivity index (χ1) is 7.78. The van der Waals surface area contributed by atoms with Gasteiger partial charge in [0.15, 0.2) is 0 Å². The summed E-state index contributed by atoms with van der Waals surface area (Å²) in [6.45, 7) is 2.09. The summed E-state index contributed by atoms with van der Waals surface area (Å²) in [6, 6.07) is 16.6. The molecule has 0 unspecified atom stereocenters. The maximum Gasteiger partial charge on any atom is 0.0404 e. The van der Waals surface area contributed by atoms with E-state index in [0.717, 1.165) is 17.1 Å². The number of hydrogen-bond acceptors (Lipinski definition) is 2. The summed E-state index contributed by atoms with van der Waals surface area (Å²) in [4.78, 5) is 0. The lowest BCUT2D eigenvalue weighted by Gasteiger charge is -2.08. The van der Waals surface area contributed by atoms with Crippen LogP contribution < -0.4 is 10.6 Å². The number of nitrogens with one attached hydrogen (secondary N) is 2. The predicted octanol–water partition coefficient (Wildman–Crippen LogP) is 3.78. The van der Waals surface area contributed by atoms with Crippen molar-refractivity contribution in [2.75, 3.05) is 17.7 Å². The summed E-state index contributed by atoms with van der Waals surface area (Å²) < 4.78 is 0. The molecule has 0 atom stereocenters. The van der Waals surface area contributed by atoms with Gasteiger partial charge in [-0.2, -0.15) is 0 Å². The van der Waals surface area contributed by atoms with Gasteiger partial charge in [0.25, 0.3) is 0 Å². The summed E-state index contributed by atoms with van der Waals surface area (Å²) in [5, 5.41) is 6.50. The van der Waals surface area contributed by atoms with Gasteiger partial charge in [-0.15, -0.1) is 0 Å². The van der Waals surface area contributed by atoms with Crippen molar-refractivity contribution in [1.29, 1.82) is 0 Å². The molecule has 0 aromatic heterocycles. The Morgan fingerprint density at radius 2 is 1.44 bits per heavy atom. The molecule has 2 heteroatoms. The van der Waals surface area contributed by atoms with E-state index in [9.17, 15) is 0 Å². The molecule has 2 rings (SSSR count). The van der Waals surface area contributed by atoms with E-state index in [-0.39, 0.29) is 0 Å². The third-order valence-corrected chi connectivity index (χ3v) is 2.46. The Balaban J connectivity index is 2.20. The average molecular weight is 212 g/mol. The molecule has 2 aromatic rings. The molecule has 0 radical (unpaired) electrons. The van der Waals surface area contributed by atoms with E-state index in [1.807, 2.05) is 19.2 Å². The van der Waals surface area contributed by atoms with Gasteiger partial charge in [0.1, 0.15) is 0 Å². The SMILES string of the molecule is CNc1cccc(Nc2cccc(C)c2)c1. The highest BCUT2D eigenvalue weighted by atomic mass is 14.9. The summed E-state index contributed by atoms with van der Waals surface area (Å²) in [5.74, 6) is 0. The average Bonchev–Trinajstić information content (AvgIpc) is 2.29. The lowest BCUT2D eigenvalue weighted by Crippen LogP contribution is -1.92. The smallest absolute Gasteiger partial charge is 0.0404 e. The van der Waals surface area contributed by atoms with Gasteiger partial charge in [-0.1, -0.05) is 18.2 Å². The predicted molar refractivity (Wildman–Crippen MR) is 70.5 cm³/mol. The topological polar surface area (TPSA) is 24.1 Å². The molecule has 0 heterocycles. The second-order valence-corrected chi connectivity index (χ2v) is 3.83. The molecule has 82 valence electrons. The fourth-order valence-corrected chi connectivity index (χ4v) is 1.64.